The van der Waals surface area contributed by atoms with Crippen LogP contribution < -0.4 is 24.8 Å². The zero-order valence-corrected chi connectivity index (χ0v) is 15.8. The van der Waals surface area contributed by atoms with Gasteiger partial charge in [0, 0.05) is 6.20 Å². The van der Waals surface area contributed by atoms with Crippen molar-refractivity contribution in [1.29, 1.82) is 0 Å². The molecule has 0 saturated heterocycles. The van der Waals surface area contributed by atoms with Gasteiger partial charge in [0.1, 0.15) is 0 Å². The Bertz CT molecular complexity index is 674. The Kier molecular flexibility index (Phi) is 10.6. The van der Waals surface area contributed by atoms with Crippen LogP contribution in [0.5, 0.6) is 0 Å². The topological polar surface area (TPSA) is 12.9 Å². The average molecular weight is 382 g/mol. The van der Waals surface area contributed by atoms with Crippen molar-refractivity contribution in [3.8, 4) is 5.30 Å². The molecule has 1 aliphatic rings. The Hall–Kier alpha value is -0.686. The molecular formula is C17H14Cl2NPTi. The van der Waals surface area contributed by atoms with Crippen molar-refractivity contribution in [2.75, 3.05) is 0 Å². The Balaban J connectivity index is 0.000000482. The number of nitrogens with zero attached hydrogens (tertiary/aromatic N) is 1. The first-order valence-electron chi connectivity index (χ1n) is 6.31. The molecule has 1 aromatic heterocycles. The predicted octanol–water partition coefficient (Wildman–Crippen LogP) is -0.759. The molecule has 1 heterocycles. The Morgan fingerprint density at radius 1 is 1.14 bits per heavy atom. The minimum atomic E-state index is -0.398. The fourth-order valence-corrected chi connectivity index (χ4v) is 3.41. The number of halogens is 2. The maximum absolute atomic E-state index is 4.43. The molecule has 0 bridgehead atoms. The minimum absolute atomic E-state index is 0. The van der Waals surface area contributed by atoms with E-state index in [9.17, 15) is 0 Å². The van der Waals surface area contributed by atoms with Gasteiger partial charge in [-0.3, -0.25) is 6.08 Å². The normalized spacial score (nSPS) is 11.7. The first-order valence-corrected chi connectivity index (χ1v) is 7.67. The van der Waals surface area contributed by atoms with Crippen molar-refractivity contribution < 1.29 is 46.5 Å². The van der Waals surface area contributed by atoms with E-state index < -0.39 is 7.69 Å². The van der Waals surface area contributed by atoms with Crippen molar-refractivity contribution >= 4 is 18.5 Å². The van der Waals surface area contributed by atoms with Gasteiger partial charge in [0.25, 0.3) is 0 Å². The summed E-state index contributed by atoms with van der Waals surface area (Å²) < 4.78 is 4.43. The van der Waals surface area contributed by atoms with Crippen LogP contribution in [0.1, 0.15) is 6.42 Å². The Labute approximate surface area is 159 Å². The number of hydrogen-bond acceptors (Lipinski definition) is 1. The van der Waals surface area contributed by atoms with Crippen LogP contribution >= 0.6 is 7.69 Å². The molecular weight excluding hydrogens is 368 g/mol. The van der Waals surface area contributed by atoms with E-state index >= 15 is 0 Å². The second-order valence-corrected chi connectivity index (χ2v) is 6.03. The van der Waals surface area contributed by atoms with E-state index in [1.807, 2.05) is 24.4 Å². The molecule has 2 aromatic carbocycles. The maximum Gasteiger partial charge on any atom is 4.00 e. The molecule has 4 rings (SSSR count). The van der Waals surface area contributed by atoms with E-state index in [0.717, 1.165) is 6.42 Å². The van der Waals surface area contributed by atoms with Crippen LogP contribution in [0.4, 0.5) is 0 Å². The Morgan fingerprint density at radius 2 is 1.95 bits per heavy atom. The quantitative estimate of drug-likeness (QED) is 0.399. The van der Waals surface area contributed by atoms with E-state index in [1.165, 1.54) is 16.1 Å². The van der Waals surface area contributed by atoms with Gasteiger partial charge in [-0.05, 0) is 19.6 Å². The fourth-order valence-electron chi connectivity index (χ4n) is 2.03. The smallest absolute Gasteiger partial charge is 1.00 e. The van der Waals surface area contributed by atoms with Gasteiger partial charge in [-0.25, -0.2) is 16.9 Å². The van der Waals surface area contributed by atoms with Gasteiger partial charge in [-0.15, -0.1) is 41.5 Å². The predicted molar refractivity (Wildman–Crippen MR) is 83.0 cm³/mol. The minimum Gasteiger partial charge on any atom is -1.00 e. The van der Waals surface area contributed by atoms with Gasteiger partial charge in [0.15, 0.2) is 0 Å². The van der Waals surface area contributed by atoms with Gasteiger partial charge in [-0.2, -0.15) is 12.1 Å². The van der Waals surface area contributed by atoms with Crippen LogP contribution in [0.3, 0.4) is 0 Å². The molecule has 0 amide bonds. The van der Waals surface area contributed by atoms with Crippen molar-refractivity contribution in [1.82, 2.24) is 4.75 Å². The molecule has 0 aliphatic heterocycles. The molecule has 1 atom stereocenters. The number of rotatable bonds is 1. The first-order chi connectivity index (χ1) is 9.43. The maximum atomic E-state index is 4.43. The molecule has 110 valence electrons. The molecule has 0 spiro atoms. The molecule has 0 fully saturated rings. The summed E-state index contributed by atoms with van der Waals surface area (Å²) in [6.07, 6.45) is 11.9. The average Bonchev–Trinajstić information content (AvgIpc) is 3.20. The van der Waals surface area contributed by atoms with Crippen molar-refractivity contribution in [2.45, 2.75) is 6.42 Å². The standard InChI is InChI=1S/C12H9NP.C5H5.2ClH.Ti/c1-2-5-11-9-12(8-10(11)4-1)14-7-3-6-13-14;1-2-4-5-3-1;;;/h1-9H;1-3H,4H2;2*1H;/q2*-1;;;+4/p-2. The third kappa shape index (κ3) is 5.50. The van der Waals surface area contributed by atoms with E-state index in [2.05, 4.69) is 59.1 Å². The number of fused-ring (bicyclic) bond motifs is 1. The third-order valence-electron chi connectivity index (χ3n) is 2.96. The van der Waals surface area contributed by atoms with Gasteiger partial charge < -0.3 is 24.8 Å². The van der Waals surface area contributed by atoms with Crippen molar-refractivity contribution in [2.24, 2.45) is 0 Å². The largest absolute Gasteiger partial charge is 4.00 e. The van der Waals surface area contributed by atoms with Crippen LogP contribution in [-0.2, 0) is 21.7 Å². The van der Waals surface area contributed by atoms with Crippen molar-refractivity contribution in [3.63, 3.8) is 0 Å². The van der Waals surface area contributed by atoms with Gasteiger partial charge >= 0.3 is 21.7 Å². The third-order valence-corrected chi connectivity index (χ3v) is 4.58. The summed E-state index contributed by atoms with van der Waals surface area (Å²) in [4.78, 5) is 0. The SMILES string of the molecule is [C-]1=CC=CC1.[Cl-].[Cl-].[Ti+4].c1ccc2[cH-]c(-p3cccn3)cc2c1. The zero-order chi connectivity index (χ0) is 12.9. The summed E-state index contributed by atoms with van der Waals surface area (Å²) in [7, 11) is -0.398. The summed E-state index contributed by atoms with van der Waals surface area (Å²) in [6, 6.07) is 15.0. The molecule has 0 N–H and O–H groups in total. The van der Waals surface area contributed by atoms with E-state index in [0.29, 0.717) is 0 Å². The van der Waals surface area contributed by atoms with E-state index in [1.54, 1.807) is 0 Å². The number of benzene rings is 1. The summed E-state index contributed by atoms with van der Waals surface area (Å²) >= 11 is 0. The van der Waals surface area contributed by atoms with Gasteiger partial charge in [0.05, 0.1) is 0 Å². The molecule has 3 aromatic rings. The molecule has 1 unspecified atom stereocenters. The summed E-state index contributed by atoms with van der Waals surface area (Å²) in [5.41, 5.74) is 0. The second kappa shape index (κ2) is 10.9. The van der Waals surface area contributed by atoms with Gasteiger partial charge in [0.2, 0.25) is 0 Å². The number of hydrogen-bond donors (Lipinski definition) is 0. The summed E-state index contributed by atoms with van der Waals surface area (Å²) in [5, 5.41) is 3.99. The number of aromatic nitrogens is 1. The molecule has 22 heavy (non-hydrogen) atoms. The van der Waals surface area contributed by atoms with E-state index in [4.69, 9.17) is 0 Å². The molecule has 5 heteroatoms. The van der Waals surface area contributed by atoms with Gasteiger partial charge in [-0.1, -0.05) is 11.4 Å². The summed E-state index contributed by atoms with van der Waals surface area (Å²) in [5.74, 6) is 2.18. The zero-order valence-electron chi connectivity index (χ0n) is 11.8. The fraction of sp³-hybridized carbons (Fsp3) is 0.0588. The summed E-state index contributed by atoms with van der Waals surface area (Å²) in [6.45, 7) is 0. The van der Waals surface area contributed by atoms with Crippen LogP contribution in [0.2, 0.25) is 0 Å². The molecule has 1 nitrogen and oxygen atoms in total. The van der Waals surface area contributed by atoms with Crippen LogP contribution in [-0.4, -0.2) is 4.75 Å². The van der Waals surface area contributed by atoms with Crippen LogP contribution in [0.25, 0.3) is 16.1 Å². The first kappa shape index (κ1) is 21.3. The van der Waals surface area contributed by atoms with E-state index in [-0.39, 0.29) is 46.5 Å². The Morgan fingerprint density at radius 3 is 2.50 bits per heavy atom. The second-order valence-electron chi connectivity index (χ2n) is 4.30. The van der Waals surface area contributed by atoms with Crippen LogP contribution in [0, 0.1) is 6.08 Å². The van der Waals surface area contributed by atoms with Crippen molar-refractivity contribution in [3.05, 3.63) is 78.8 Å². The molecule has 0 radical (unpaired) electrons. The molecule has 1 aliphatic carbocycles. The number of allylic oxidation sites excluding steroid dienone is 4. The van der Waals surface area contributed by atoms with Crippen LogP contribution in [0.15, 0.2) is 72.7 Å². The monoisotopic (exact) mass is 381 g/mol. The molecule has 0 saturated carbocycles.